The summed E-state index contributed by atoms with van der Waals surface area (Å²) in [5.74, 6) is 2.00. The van der Waals surface area contributed by atoms with E-state index in [1.165, 1.54) is 5.56 Å². The first-order chi connectivity index (χ1) is 13.2. The second-order valence-corrected chi connectivity index (χ2v) is 6.57. The Hall–Kier alpha value is -3.18. The molecule has 0 saturated carbocycles. The van der Waals surface area contributed by atoms with Gasteiger partial charge in [-0.25, -0.2) is 4.98 Å². The van der Waals surface area contributed by atoms with Crippen molar-refractivity contribution in [2.24, 2.45) is 0 Å². The molecule has 6 heteroatoms. The van der Waals surface area contributed by atoms with Gasteiger partial charge in [0.15, 0.2) is 11.6 Å². The fourth-order valence-corrected chi connectivity index (χ4v) is 2.79. The summed E-state index contributed by atoms with van der Waals surface area (Å²) >= 11 is 5.98. The average Bonchev–Trinajstić information content (AvgIpc) is 3.21. The number of hydrogen-bond acceptors (Lipinski definition) is 5. The molecule has 5 nitrogen and oxygen atoms in total. The molecule has 4 aromatic rings. The molecule has 27 heavy (non-hydrogen) atoms. The monoisotopic (exact) mass is 376 g/mol. The van der Waals surface area contributed by atoms with Crippen LogP contribution in [-0.2, 0) is 6.54 Å². The molecule has 0 fully saturated rings. The van der Waals surface area contributed by atoms with Crippen LogP contribution in [0.25, 0.3) is 22.6 Å². The summed E-state index contributed by atoms with van der Waals surface area (Å²) in [4.78, 5) is 4.70. The minimum atomic E-state index is 0.505. The van der Waals surface area contributed by atoms with Gasteiger partial charge < -0.3 is 9.73 Å². The summed E-state index contributed by atoms with van der Waals surface area (Å²) in [5.41, 5.74) is 3.68. The first-order valence-corrected chi connectivity index (χ1v) is 8.91. The third-order valence-electron chi connectivity index (χ3n) is 4.12. The topological polar surface area (TPSA) is 63.8 Å². The Morgan fingerprint density at radius 3 is 2.37 bits per heavy atom. The van der Waals surface area contributed by atoms with Gasteiger partial charge in [-0.1, -0.05) is 41.4 Å². The third-order valence-corrected chi connectivity index (χ3v) is 4.38. The number of aryl methyl sites for hydroxylation is 1. The lowest BCUT2D eigenvalue weighted by Crippen LogP contribution is -2.06. The highest BCUT2D eigenvalue weighted by molar-refractivity contribution is 6.30. The Morgan fingerprint density at radius 2 is 1.67 bits per heavy atom. The molecule has 0 aliphatic carbocycles. The third kappa shape index (κ3) is 3.99. The molecule has 0 atom stereocenters. The maximum Gasteiger partial charge on any atom is 0.183 e. The summed E-state index contributed by atoms with van der Waals surface area (Å²) in [7, 11) is 0. The van der Waals surface area contributed by atoms with E-state index in [1.54, 1.807) is 6.26 Å². The molecule has 2 aromatic carbocycles. The van der Waals surface area contributed by atoms with Gasteiger partial charge in [-0.2, -0.15) is 0 Å². The molecule has 0 amide bonds. The van der Waals surface area contributed by atoms with Crippen molar-refractivity contribution in [3.05, 3.63) is 83.3 Å². The highest BCUT2D eigenvalue weighted by Gasteiger charge is 2.13. The molecule has 0 unspecified atom stereocenters. The Morgan fingerprint density at radius 1 is 0.926 bits per heavy atom. The Bertz CT molecular complexity index is 1030. The Balaban J connectivity index is 1.72. The standard InChI is InChI=1S/C21H17ClN4O/c1-14-4-6-15(7-5-14)19-21(23-13-18-3-2-12-27-18)24-20(26-25-19)16-8-10-17(22)11-9-16/h2-12H,13H2,1H3,(H,23,24,26). The van der Waals surface area contributed by atoms with Crippen LogP contribution in [0.1, 0.15) is 11.3 Å². The molecular formula is C21H17ClN4O. The van der Waals surface area contributed by atoms with E-state index in [2.05, 4.69) is 15.5 Å². The van der Waals surface area contributed by atoms with E-state index >= 15 is 0 Å². The number of halogens is 1. The zero-order chi connectivity index (χ0) is 18.6. The van der Waals surface area contributed by atoms with Crippen molar-refractivity contribution in [1.29, 1.82) is 0 Å². The first kappa shape index (κ1) is 17.2. The molecule has 2 aromatic heterocycles. The number of hydrogen-bond donors (Lipinski definition) is 1. The van der Waals surface area contributed by atoms with Gasteiger partial charge in [-0.05, 0) is 43.3 Å². The lowest BCUT2D eigenvalue weighted by molar-refractivity contribution is 0.518. The lowest BCUT2D eigenvalue weighted by Gasteiger charge is -2.11. The second-order valence-electron chi connectivity index (χ2n) is 6.14. The van der Waals surface area contributed by atoms with Crippen LogP contribution in [0.2, 0.25) is 5.02 Å². The quantitative estimate of drug-likeness (QED) is 0.507. The van der Waals surface area contributed by atoms with Gasteiger partial charge in [0, 0.05) is 16.1 Å². The summed E-state index contributed by atoms with van der Waals surface area (Å²) in [6.45, 7) is 2.55. The number of aromatic nitrogens is 3. The maximum atomic E-state index is 5.98. The van der Waals surface area contributed by atoms with Crippen LogP contribution >= 0.6 is 11.6 Å². The molecule has 0 aliphatic rings. The van der Waals surface area contributed by atoms with Crippen molar-refractivity contribution in [3.63, 3.8) is 0 Å². The van der Waals surface area contributed by atoms with Crippen LogP contribution in [0, 0.1) is 6.92 Å². The van der Waals surface area contributed by atoms with E-state index in [0.29, 0.717) is 28.9 Å². The number of benzene rings is 2. The van der Waals surface area contributed by atoms with Crippen molar-refractivity contribution in [1.82, 2.24) is 15.2 Å². The van der Waals surface area contributed by atoms with Crippen LogP contribution in [0.15, 0.2) is 71.3 Å². The van der Waals surface area contributed by atoms with E-state index in [-0.39, 0.29) is 0 Å². The van der Waals surface area contributed by atoms with E-state index in [4.69, 9.17) is 21.0 Å². The molecule has 4 rings (SSSR count). The number of furan rings is 1. The fraction of sp³-hybridized carbons (Fsp3) is 0.0952. The van der Waals surface area contributed by atoms with Gasteiger partial charge in [0.2, 0.25) is 0 Å². The minimum absolute atomic E-state index is 0.505. The first-order valence-electron chi connectivity index (χ1n) is 8.53. The molecular weight excluding hydrogens is 360 g/mol. The van der Waals surface area contributed by atoms with E-state index in [1.807, 2.05) is 67.6 Å². The Kier molecular flexibility index (Phi) is 4.85. The molecule has 0 bridgehead atoms. The average molecular weight is 377 g/mol. The van der Waals surface area contributed by atoms with Crippen molar-refractivity contribution >= 4 is 17.4 Å². The normalized spacial score (nSPS) is 10.7. The highest BCUT2D eigenvalue weighted by Crippen LogP contribution is 2.27. The van der Waals surface area contributed by atoms with Crippen LogP contribution in [0.5, 0.6) is 0 Å². The van der Waals surface area contributed by atoms with Crippen LogP contribution in [-0.4, -0.2) is 15.2 Å². The molecule has 0 saturated heterocycles. The van der Waals surface area contributed by atoms with Gasteiger partial charge in [0.05, 0.1) is 12.8 Å². The number of anilines is 1. The second kappa shape index (κ2) is 7.60. The zero-order valence-electron chi connectivity index (χ0n) is 14.7. The van der Waals surface area contributed by atoms with E-state index < -0.39 is 0 Å². The van der Waals surface area contributed by atoms with E-state index in [9.17, 15) is 0 Å². The van der Waals surface area contributed by atoms with Gasteiger partial charge in [0.25, 0.3) is 0 Å². The largest absolute Gasteiger partial charge is 0.467 e. The summed E-state index contributed by atoms with van der Waals surface area (Å²) < 4.78 is 5.40. The van der Waals surface area contributed by atoms with Gasteiger partial charge >= 0.3 is 0 Å². The minimum Gasteiger partial charge on any atom is -0.467 e. The van der Waals surface area contributed by atoms with Crippen molar-refractivity contribution in [2.45, 2.75) is 13.5 Å². The van der Waals surface area contributed by atoms with Crippen LogP contribution in [0.4, 0.5) is 5.82 Å². The van der Waals surface area contributed by atoms with Gasteiger partial charge in [0.1, 0.15) is 11.5 Å². The molecule has 0 spiro atoms. The van der Waals surface area contributed by atoms with Gasteiger partial charge in [-0.3, -0.25) is 0 Å². The lowest BCUT2D eigenvalue weighted by atomic mass is 10.1. The van der Waals surface area contributed by atoms with Crippen LogP contribution in [0.3, 0.4) is 0 Å². The summed E-state index contributed by atoms with van der Waals surface area (Å²) in [5, 5.41) is 12.7. The predicted molar refractivity (Wildman–Crippen MR) is 106 cm³/mol. The molecule has 1 N–H and O–H groups in total. The number of nitrogens with one attached hydrogen (secondary N) is 1. The molecule has 2 heterocycles. The molecule has 0 aliphatic heterocycles. The Labute approximate surface area is 162 Å². The fourth-order valence-electron chi connectivity index (χ4n) is 2.66. The predicted octanol–water partition coefficient (Wildman–Crippen LogP) is 5.37. The molecule has 0 radical (unpaired) electrons. The highest BCUT2D eigenvalue weighted by atomic mass is 35.5. The number of nitrogens with zero attached hydrogens (tertiary/aromatic N) is 3. The zero-order valence-corrected chi connectivity index (χ0v) is 15.4. The van der Waals surface area contributed by atoms with Crippen molar-refractivity contribution < 1.29 is 4.42 Å². The molecule has 134 valence electrons. The van der Waals surface area contributed by atoms with Gasteiger partial charge in [-0.15, -0.1) is 10.2 Å². The smallest absolute Gasteiger partial charge is 0.183 e. The summed E-state index contributed by atoms with van der Waals surface area (Å²) in [6.07, 6.45) is 1.65. The van der Waals surface area contributed by atoms with E-state index in [0.717, 1.165) is 16.9 Å². The van der Waals surface area contributed by atoms with Crippen molar-refractivity contribution in [2.75, 3.05) is 5.32 Å². The maximum absolute atomic E-state index is 5.98. The van der Waals surface area contributed by atoms with Crippen molar-refractivity contribution in [3.8, 4) is 22.6 Å². The summed E-state index contributed by atoms with van der Waals surface area (Å²) in [6, 6.07) is 19.3. The van der Waals surface area contributed by atoms with Crippen LogP contribution < -0.4 is 5.32 Å². The number of rotatable bonds is 5. The SMILES string of the molecule is Cc1ccc(-c2nnc(-c3ccc(Cl)cc3)nc2NCc2ccco2)cc1.